The van der Waals surface area contributed by atoms with E-state index in [2.05, 4.69) is 17.1 Å². The van der Waals surface area contributed by atoms with Gasteiger partial charge in [0.2, 0.25) is 0 Å². The van der Waals surface area contributed by atoms with Gasteiger partial charge in [-0.15, -0.1) is 0 Å². The lowest BCUT2D eigenvalue weighted by atomic mass is 10.2. The van der Waals surface area contributed by atoms with Gasteiger partial charge < -0.3 is 10.2 Å². The van der Waals surface area contributed by atoms with Crippen LogP contribution in [0.1, 0.15) is 25.3 Å². The number of anilines is 1. The lowest BCUT2D eigenvalue weighted by Crippen LogP contribution is -2.33. The molecule has 1 heterocycles. The Morgan fingerprint density at radius 3 is 2.78 bits per heavy atom. The maximum atomic E-state index is 13.7. The molecule has 1 aromatic carbocycles. The number of rotatable bonds is 4. The molecule has 18 heavy (non-hydrogen) atoms. The smallest absolute Gasteiger partial charge is 0.147 e. The number of nitrogens with zero attached hydrogens (tertiary/aromatic N) is 2. The molecule has 0 aromatic heterocycles. The molecule has 0 aliphatic carbocycles. The van der Waals surface area contributed by atoms with Gasteiger partial charge in [-0.3, -0.25) is 0 Å². The number of hydrogen-bond acceptors (Lipinski definition) is 3. The third kappa shape index (κ3) is 3.21. The van der Waals surface area contributed by atoms with Crippen molar-refractivity contribution in [1.82, 2.24) is 4.90 Å². The Bertz CT molecular complexity index is 447. The average Bonchev–Trinajstić information content (AvgIpc) is 2.84. The molecule has 0 amide bonds. The van der Waals surface area contributed by atoms with Crippen LogP contribution in [0.2, 0.25) is 0 Å². The molecule has 0 bridgehead atoms. The molecule has 1 atom stereocenters. The Morgan fingerprint density at radius 2 is 2.17 bits per heavy atom. The van der Waals surface area contributed by atoms with Crippen molar-refractivity contribution < 1.29 is 4.39 Å². The van der Waals surface area contributed by atoms with Gasteiger partial charge in [0.05, 0.1) is 17.3 Å². The molecular formula is C14H18FN3. The van der Waals surface area contributed by atoms with E-state index >= 15 is 0 Å². The molecule has 1 aliphatic rings. The van der Waals surface area contributed by atoms with Crippen LogP contribution in [0.15, 0.2) is 18.2 Å². The van der Waals surface area contributed by atoms with Crippen LogP contribution in [0, 0.1) is 17.1 Å². The topological polar surface area (TPSA) is 39.1 Å². The zero-order valence-electron chi connectivity index (χ0n) is 10.6. The van der Waals surface area contributed by atoms with Crippen molar-refractivity contribution in [2.75, 3.05) is 25.0 Å². The fraction of sp³-hybridized carbons (Fsp3) is 0.500. The van der Waals surface area contributed by atoms with Crippen LogP contribution in [-0.4, -0.2) is 30.6 Å². The van der Waals surface area contributed by atoms with Gasteiger partial charge in [-0.1, -0.05) is 0 Å². The molecule has 1 unspecified atom stereocenters. The summed E-state index contributed by atoms with van der Waals surface area (Å²) in [5, 5.41) is 11.8. The van der Waals surface area contributed by atoms with Crippen molar-refractivity contribution in [3.05, 3.63) is 29.6 Å². The average molecular weight is 247 g/mol. The van der Waals surface area contributed by atoms with Gasteiger partial charge in [0.25, 0.3) is 0 Å². The first-order chi connectivity index (χ1) is 8.69. The second-order valence-electron chi connectivity index (χ2n) is 4.86. The number of benzene rings is 1. The number of nitriles is 1. The van der Waals surface area contributed by atoms with Crippen LogP contribution < -0.4 is 5.32 Å². The lowest BCUT2D eigenvalue weighted by molar-refractivity contribution is 0.327. The van der Waals surface area contributed by atoms with Crippen LogP contribution in [0.25, 0.3) is 0 Å². The minimum Gasteiger partial charge on any atom is -0.379 e. The molecule has 4 heteroatoms. The number of hydrogen-bond donors (Lipinski definition) is 1. The van der Waals surface area contributed by atoms with E-state index in [1.165, 1.54) is 18.9 Å². The van der Waals surface area contributed by atoms with E-state index in [1.54, 1.807) is 12.1 Å². The Morgan fingerprint density at radius 1 is 1.44 bits per heavy atom. The molecule has 2 rings (SSSR count). The fourth-order valence-corrected chi connectivity index (χ4v) is 2.37. The predicted molar refractivity (Wildman–Crippen MR) is 69.9 cm³/mol. The molecule has 1 N–H and O–H groups in total. The molecule has 0 saturated carbocycles. The Balaban J connectivity index is 1.94. The van der Waals surface area contributed by atoms with E-state index < -0.39 is 0 Å². The summed E-state index contributed by atoms with van der Waals surface area (Å²) in [5.41, 5.74) is 0.825. The SMILES string of the molecule is CC(CN1CCCC1)Nc1ccc(C#N)cc1F. The second kappa shape index (κ2) is 5.83. The third-order valence-corrected chi connectivity index (χ3v) is 3.23. The largest absolute Gasteiger partial charge is 0.379 e. The summed E-state index contributed by atoms with van der Waals surface area (Å²) < 4.78 is 13.7. The molecule has 3 nitrogen and oxygen atoms in total. The molecule has 1 saturated heterocycles. The van der Waals surface area contributed by atoms with E-state index in [9.17, 15) is 4.39 Å². The van der Waals surface area contributed by atoms with Gasteiger partial charge in [0, 0.05) is 12.6 Å². The molecule has 0 radical (unpaired) electrons. The van der Waals surface area contributed by atoms with Gasteiger partial charge in [-0.25, -0.2) is 4.39 Å². The van der Waals surface area contributed by atoms with Crippen LogP contribution >= 0.6 is 0 Å². The van der Waals surface area contributed by atoms with Gasteiger partial charge >= 0.3 is 0 Å². The quantitative estimate of drug-likeness (QED) is 0.889. The summed E-state index contributed by atoms with van der Waals surface area (Å²) in [7, 11) is 0. The Hall–Kier alpha value is -1.60. The van der Waals surface area contributed by atoms with Crippen molar-refractivity contribution in [3.8, 4) is 6.07 Å². The summed E-state index contributed by atoms with van der Waals surface area (Å²) in [6.07, 6.45) is 2.52. The monoisotopic (exact) mass is 247 g/mol. The summed E-state index contributed by atoms with van der Waals surface area (Å²) in [6, 6.07) is 6.67. The van der Waals surface area contributed by atoms with Crippen molar-refractivity contribution in [2.45, 2.75) is 25.8 Å². The molecule has 1 fully saturated rings. The lowest BCUT2D eigenvalue weighted by Gasteiger charge is -2.22. The van der Waals surface area contributed by atoms with Gasteiger partial charge in [-0.2, -0.15) is 5.26 Å². The molecule has 96 valence electrons. The first kappa shape index (κ1) is 12.8. The summed E-state index contributed by atoms with van der Waals surface area (Å²) in [6.45, 7) is 5.26. The van der Waals surface area contributed by atoms with Crippen LogP contribution in [0.4, 0.5) is 10.1 Å². The molecule has 1 aliphatic heterocycles. The van der Waals surface area contributed by atoms with Gasteiger partial charge in [0.1, 0.15) is 5.82 Å². The Kier molecular flexibility index (Phi) is 4.16. The molecule has 0 spiro atoms. The van der Waals surface area contributed by atoms with Crippen LogP contribution in [0.3, 0.4) is 0 Å². The van der Waals surface area contributed by atoms with Gasteiger partial charge in [-0.05, 0) is 51.1 Å². The summed E-state index contributed by atoms with van der Waals surface area (Å²) in [5.74, 6) is -0.359. The normalized spacial score (nSPS) is 17.4. The number of nitrogens with one attached hydrogen (secondary N) is 1. The maximum absolute atomic E-state index is 13.7. The van der Waals surface area contributed by atoms with E-state index in [1.807, 2.05) is 6.07 Å². The minimum absolute atomic E-state index is 0.200. The highest BCUT2D eigenvalue weighted by Crippen LogP contribution is 2.17. The summed E-state index contributed by atoms with van der Waals surface area (Å²) in [4.78, 5) is 2.39. The zero-order chi connectivity index (χ0) is 13.0. The van der Waals surface area contributed by atoms with Crippen molar-refractivity contribution >= 4 is 5.69 Å². The van der Waals surface area contributed by atoms with E-state index in [0.29, 0.717) is 11.3 Å². The fourth-order valence-electron chi connectivity index (χ4n) is 2.37. The van der Waals surface area contributed by atoms with E-state index in [-0.39, 0.29) is 11.9 Å². The highest BCUT2D eigenvalue weighted by molar-refractivity contribution is 5.49. The standard InChI is InChI=1S/C14H18FN3/c1-11(10-18-6-2-3-7-18)17-14-5-4-12(9-16)8-13(14)15/h4-5,8,11,17H,2-3,6-7,10H2,1H3. The number of likely N-dealkylation sites (tertiary alicyclic amines) is 1. The first-order valence-electron chi connectivity index (χ1n) is 6.37. The highest BCUT2D eigenvalue weighted by Gasteiger charge is 2.15. The second-order valence-corrected chi connectivity index (χ2v) is 4.86. The van der Waals surface area contributed by atoms with Crippen LogP contribution in [-0.2, 0) is 0 Å². The predicted octanol–water partition coefficient (Wildman–Crippen LogP) is 2.59. The zero-order valence-corrected chi connectivity index (χ0v) is 10.6. The van der Waals surface area contributed by atoms with Gasteiger partial charge in [0.15, 0.2) is 0 Å². The minimum atomic E-state index is -0.359. The van der Waals surface area contributed by atoms with E-state index in [4.69, 9.17) is 5.26 Å². The first-order valence-corrected chi connectivity index (χ1v) is 6.37. The van der Waals surface area contributed by atoms with Crippen molar-refractivity contribution in [2.24, 2.45) is 0 Å². The maximum Gasteiger partial charge on any atom is 0.147 e. The van der Waals surface area contributed by atoms with Crippen molar-refractivity contribution in [3.63, 3.8) is 0 Å². The third-order valence-electron chi connectivity index (χ3n) is 3.23. The van der Waals surface area contributed by atoms with E-state index in [0.717, 1.165) is 19.6 Å². The van der Waals surface area contributed by atoms with Crippen molar-refractivity contribution in [1.29, 1.82) is 5.26 Å². The Labute approximate surface area is 107 Å². The molecular weight excluding hydrogens is 229 g/mol. The highest BCUT2D eigenvalue weighted by atomic mass is 19.1. The number of halogens is 1. The molecule has 1 aromatic rings. The summed E-state index contributed by atoms with van der Waals surface area (Å²) >= 11 is 0. The van der Waals surface area contributed by atoms with Crippen LogP contribution in [0.5, 0.6) is 0 Å².